The van der Waals surface area contributed by atoms with Gasteiger partial charge in [0.15, 0.2) is 0 Å². The van der Waals surface area contributed by atoms with E-state index >= 15 is 0 Å². The van der Waals surface area contributed by atoms with Crippen molar-refractivity contribution < 1.29 is 4.74 Å². The highest BCUT2D eigenvalue weighted by Crippen LogP contribution is 2.46. The molecule has 0 radical (unpaired) electrons. The van der Waals surface area contributed by atoms with Crippen LogP contribution in [0.5, 0.6) is 5.75 Å². The Morgan fingerprint density at radius 1 is 1.07 bits per heavy atom. The second-order valence-electron chi connectivity index (χ2n) is 3.55. The van der Waals surface area contributed by atoms with Crippen LogP contribution >= 0.6 is 22.7 Å². The molecule has 2 aromatic heterocycles. The van der Waals surface area contributed by atoms with E-state index in [0.29, 0.717) is 0 Å². The molecule has 0 bridgehead atoms. The molecule has 1 aliphatic heterocycles. The fraction of sp³-hybridized carbons (Fsp3) is 0.273. The van der Waals surface area contributed by atoms with Gasteiger partial charge in [-0.3, -0.25) is 0 Å². The molecule has 1 nitrogen and oxygen atoms in total. The quantitative estimate of drug-likeness (QED) is 0.655. The highest BCUT2D eigenvalue weighted by molar-refractivity contribution is 7.22. The molecule has 72 valence electrons. The monoisotopic (exact) mass is 222 g/mol. The van der Waals surface area contributed by atoms with Gasteiger partial charge in [-0.15, -0.1) is 22.7 Å². The van der Waals surface area contributed by atoms with E-state index in [1.165, 1.54) is 25.1 Å². The summed E-state index contributed by atoms with van der Waals surface area (Å²) >= 11 is 3.71. The third-order valence-electron chi connectivity index (χ3n) is 2.34. The largest absolute Gasteiger partial charge is 0.487 e. The summed E-state index contributed by atoms with van der Waals surface area (Å²) in [6, 6.07) is 4.37. The van der Waals surface area contributed by atoms with Crippen LogP contribution < -0.4 is 4.74 Å². The Labute approximate surface area is 91.0 Å². The normalized spacial score (nSPS) is 13.3. The van der Waals surface area contributed by atoms with Crippen LogP contribution in [-0.4, -0.2) is 0 Å². The average Bonchev–Trinajstić information content (AvgIpc) is 2.65. The Morgan fingerprint density at radius 3 is 2.64 bits per heavy atom. The van der Waals surface area contributed by atoms with Gasteiger partial charge in [-0.05, 0) is 26.0 Å². The van der Waals surface area contributed by atoms with Crippen molar-refractivity contribution in [2.24, 2.45) is 0 Å². The lowest BCUT2D eigenvalue weighted by atomic mass is 10.2. The molecule has 0 N–H and O–H groups in total. The van der Waals surface area contributed by atoms with E-state index in [-0.39, 0.29) is 0 Å². The van der Waals surface area contributed by atoms with Crippen LogP contribution in [-0.2, 0) is 6.61 Å². The number of aryl methyl sites for hydroxylation is 2. The van der Waals surface area contributed by atoms with Crippen LogP contribution in [0.1, 0.15) is 15.3 Å². The Balaban J connectivity index is 2.27. The molecule has 0 amide bonds. The van der Waals surface area contributed by atoms with Gasteiger partial charge in [0.05, 0.1) is 9.75 Å². The van der Waals surface area contributed by atoms with E-state index in [1.807, 2.05) is 22.7 Å². The Hall–Kier alpha value is -0.800. The van der Waals surface area contributed by atoms with Crippen LogP contribution in [0.3, 0.4) is 0 Å². The topological polar surface area (TPSA) is 9.23 Å². The van der Waals surface area contributed by atoms with E-state index in [0.717, 1.165) is 12.4 Å². The highest BCUT2D eigenvalue weighted by Gasteiger charge is 2.21. The van der Waals surface area contributed by atoms with Gasteiger partial charge in [0.2, 0.25) is 0 Å². The van der Waals surface area contributed by atoms with Gasteiger partial charge in [0.1, 0.15) is 12.4 Å². The van der Waals surface area contributed by atoms with Crippen molar-refractivity contribution in [1.82, 2.24) is 0 Å². The molecule has 0 unspecified atom stereocenters. The van der Waals surface area contributed by atoms with Crippen molar-refractivity contribution in [1.29, 1.82) is 0 Å². The van der Waals surface area contributed by atoms with Gasteiger partial charge in [0, 0.05) is 15.3 Å². The lowest BCUT2D eigenvalue weighted by Crippen LogP contribution is -1.99. The molecule has 0 aromatic carbocycles. The van der Waals surface area contributed by atoms with Crippen molar-refractivity contribution >= 4 is 22.7 Å². The summed E-state index contributed by atoms with van der Waals surface area (Å²) in [4.78, 5) is 5.44. The first-order valence-corrected chi connectivity index (χ1v) is 6.20. The minimum Gasteiger partial charge on any atom is -0.487 e. The molecule has 0 spiro atoms. The van der Waals surface area contributed by atoms with E-state index in [4.69, 9.17) is 4.74 Å². The van der Waals surface area contributed by atoms with Crippen LogP contribution in [0, 0.1) is 13.8 Å². The molecule has 14 heavy (non-hydrogen) atoms. The SMILES string of the molecule is Cc1cc2c(s1)-c1sc(C)cc1OC2. The van der Waals surface area contributed by atoms with Gasteiger partial charge in [0.25, 0.3) is 0 Å². The molecule has 0 fully saturated rings. The Kier molecular flexibility index (Phi) is 1.73. The van der Waals surface area contributed by atoms with E-state index in [9.17, 15) is 0 Å². The first-order valence-electron chi connectivity index (χ1n) is 4.57. The van der Waals surface area contributed by atoms with E-state index < -0.39 is 0 Å². The molecule has 0 saturated carbocycles. The van der Waals surface area contributed by atoms with Gasteiger partial charge in [-0.25, -0.2) is 0 Å². The maximum absolute atomic E-state index is 5.70. The maximum atomic E-state index is 5.70. The van der Waals surface area contributed by atoms with Crippen LogP contribution in [0.4, 0.5) is 0 Å². The summed E-state index contributed by atoms with van der Waals surface area (Å²) < 4.78 is 5.70. The van der Waals surface area contributed by atoms with Crippen molar-refractivity contribution in [2.75, 3.05) is 0 Å². The minimum atomic E-state index is 0.739. The summed E-state index contributed by atoms with van der Waals surface area (Å²) in [5, 5.41) is 0. The van der Waals surface area contributed by atoms with Crippen molar-refractivity contribution in [2.45, 2.75) is 20.5 Å². The molecular formula is C11H10OS2. The summed E-state index contributed by atoms with van der Waals surface area (Å²) in [7, 11) is 0. The number of hydrogen-bond acceptors (Lipinski definition) is 3. The van der Waals surface area contributed by atoms with Gasteiger partial charge < -0.3 is 4.74 Å². The summed E-state index contributed by atoms with van der Waals surface area (Å²) in [6.45, 7) is 5.03. The van der Waals surface area contributed by atoms with E-state index in [1.54, 1.807) is 0 Å². The first kappa shape index (κ1) is 8.50. The van der Waals surface area contributed by atoms with Crippen LogP contribution in [0.25, 0.3) is 9.75 Å². The van der Waals surface area contributed by atoms with Gasteiger partial charge in [-0.1, -0.05) is 0 Å². The molecule has 0 atom stereocenters. The fourth-order valence-electron chi connectivity index (χ4n) is 1.78. The number of fused-ring (bicyclic) bond motifs is 3. The zero-order chi connectivity index (χ0) is 9.71. The zero-order valence-electron chi connectivity index (χ0n) is 8.09. The fourth-order valence-corrected chi connectivity index (χ4v) is 3.92. The second-order valence-corrected chi connectivity index (χ2v) is 6.06. The number of hydrogen-bond donors (Lipinski definition) is 0. The zero-order valence-corrected chi connectivity index (χ0v) is 9.72. The predicted octanol–water partition coefficient (Wildman–Crippen LogP) is 3.99. The minimum absolute atomic E-state index is 0.739. The Morgan fingerprint density at radius 2 is 1.79 bits per heavy atom. The van der Waals surface area contributed by atoms with Crippen molar-refractivity contribution in [3.63, 3.8) is 0 Å². The van der Waals surface area contributed by atoms with Gasteiger partial charge >= 0.3 is 0 Å². The molecule has 2 aromatic rings. The lowest BCUT2D eigenvalue weighted by Gasteiger charge is -2.12. The summed E-state index contributed by atoms with van der Waals surface area (Å²) in [5.74, 6) is 1.07. The summed E-state index contributed by atoms with van der Waals surface area (Å²) in [6.07, 6.45) is 0. The maximum Gasteiger partial charge on any atom is 0.139 e. The number of rotatable bonds is 0. The van der Waals surface area contributed by atoms with E-state index in [2.05, 4.69) is 26.0 Å². The molecular weight excluding hydrogens is 212 g/mol. The van der Waals surface area contributed by atoms with Crippen molar-refractivity contribution in [3.8, 4) is 15.5 Å². The van der Waals surface area contributed by atoms with Gasteiger partial charge in [-0.2, -0.15) is 0 Å². The smallest absolute Gasteiger partial charge is 0.139 e. The number of ether oxygens (including phenoxy) is 1. The number of thiophene rings is 2. The van der Waals surface area contributed by atoms with Crippen LogP contribution in [0.15, 0.2) is 12.1 Å². The van der Waals surface area contributed by atoms with Crippen molar-refractivity contribution in [3.05, 3.63) is 27.5 Å². The predicted molar refractivity (Wildman–Crippen MR) is 61.4 cm³/mol. The Bertz CT molecular complexity index is 447. The third kappa shape index (κ3) is 1.12. The third-order valence-corrected chi connectivity index (χ3v) is 4.63. The lowest BCUT2D eigenvalue weighted by molar-refractivity contribution is 0.304. The van der Waals surface area contributed by atoms with Crippen LogP contribution in [0.2, 0.25) is 0 Å². The molecule has 0 saturated heterocycles. The molecule has 0 aliphatic carbocycles. The highest BCUT2D eigenvalue weighted by atomic mass is 32.1. The first-order chi connectivity index (χ1) is 6.74. The average molecular weight is 222 g/mol. The molecule has 3 heteroatoms. The molecule has 3 heterocycles. The summed E-state index contributed by atoms with van der Waals surface area (Å²) in [5.41, 5.74) is 1.35. The standard InChI is InChI=1S/C11H10OS2/c1-6-3-8-5-12-9-4-7(2)14-11(9)10(8)13-6/h3-4H,5H2,1-2H3. The molecule has 3 rings (SSSR count). The molecule has 1 aliphatic rings. The second kappa shape index (κ2) is 2.84.